The van der Waals surface area contributed by atoms with Crippen LogP contribution >= 0.6 is 0 Å². The van der Waals surface area contributed by atoms with Crippen LogP contribution in [-0.2, 0) is 6.42 Å². The van der Waals surface area contributed by atoms with Crippen molar-refractivity contribution in [2.24, 2.45) is 0 Å². The fourth-order valence-corrected chi connectivity index (χ4v) is 1.93. The van der Waals surface area contributed by atoms with E-state index in [1.54, 1.807) is 6.20 Å². The Morgan fingerprint density at radius 2 is 2.00 bits per heavy atom. The third-order valence-electron chi connectivity index (χ3n) is 3.26. The van der Waals surface area contributed by atoms with Gasteiger partial charge in [-0.2, -0.15) is 5.10 Å². The van der Waals surface area contributed by atoms with Gasteiger partial charge >= 0.3 is 0 Å². The summed E-state index contributed by atoms with van der Waals surface area (Å²) >= 11 is 0. The van der Waals surface area contributed by atoms with Crippen molar-refractivity contribution in [2.45, 2.75) is 33.6 Å². The maximum absolute atomic E-state index is 4.35. The second-order valence-corrected chi connectivity index (χ2v) is 4.71. The van der Waals surface area contributed by atoms with E-state index in [1.807, 2.05) is 12.3 Å². The van der Waals surface area contributed by atoms with Gasteiger partial charge in [-0.05, 0) is 43.0 Å². The van der Waals surface area contributed by atoms with Gasteiger partial charge < -0.3 is 5.32 Å². The second-order valence-electron chi connectivity index (χ2n) is 4.71. The largest absolute Gasteiger partial charge is 0.368 e. The van der Waals surface area contributed by atoms with Crippen LogP contribution in [0.4, 0.5) is 5.82 Å². The highest BCUT2D eigenvalue weighted by atomic mass is 15.2. The van der Waals surface area contributed by atoms with Crippen LogP contribution in [0.25, 0.3) is 0 Å². The Labute approximate surface area is 114 Å². The fourth-order valence-electron chi connectivity index (χ4n) is 1.93. The van der Waals surface area contributed by atoms with Crippen molar-refractivity contribution in [1.29, 1.82) is 0 Å². The standard InChI is InChI=1S/C15H20N4/c1-4-7-17-15-12(3)11(2)14(18-19-15)9-13-6-5-8-16-10-13/h5-6,8,10H,4,7,9H2,1-3H3,(H,17,19). The van der Waals surface area contributed by atoms with Gasteiger partial charge in [-0.15, -0.1) is 5.10 Å². The van der Waals surface area contributed by atoms with Gasteiger partial charge in [0.1, 0.15) is 0 Å². The number of nitrogens with one attached hydrogen (secondary N) is 1. The molecule has 0 fully saturated rings. The Morgan fingerprint density at radius 3 is 2.68 bits per heavy atom. The Balaban J connectivity index is 2.21. The normalized spacial score (nSPS) is 10.5. The summed E-state index contributed by atoms with van der Waals surface area (Å²) in [7, 11) is 0. The minimum Gasteiger partial charge on any atom is -0.368 e. The summed E-state index contributed by atoms with van der Waals surface area (Å²) in [6.45, 7) is 7.26. The van der Waals surface area contributed by atoms with E-state index in [0.29, 0.717) is 0 Å². The smallest absolute Gasteiger partial charge is 0.151 e. The highest BCUT2D eigenvalue weighted by Gasteiger charge is 2.09. The first-order valence-corrected chi connectivity index (χ1v) is 6.68. The maximum Gasteiger partial charge on any atom is 0.151 e. The number of nitrogens with zero attached hydrogens (tertiary/aromatic N) is 3. The summed E-state index contributed by atoms with van der Waals surface area (Å²) in [4.78, 5) is 4.13. The van der Waals surface area contributed by atoms with Gasteiger partial charge in [0.2, 0.25) is 0 Å². The van der Waals surface area contributed by atoms with E-state index in [9.17, 15) is 0 Å². The molecule has 2 aromatic rings. The summed E-state index contributed by atoms with van der Waals surface area (Å²) in [5.74, 6) is 0.897. The van der Waals surface area contributed by atoms with E-state index in [1.165, 1.54) is 11.1 Å². The Kier molecular flexibility index (Phi) is 4.44. The Morgan fingerprint density at radius 1 is 1.16 bits per heavy atom. The van der Waals surface area contributed by atoms with Crippen LogP contribution in [0.15, 0.2) is 24.5 Å². The number of pyridine rings is 1. The third kappa shape index (κ3) is 3.28. The molecular weight excluding hydrogens is 236 g/mol. The van der Waals surface area contributed by atoms with Crippen molar-refractivity contribution >= 4 is 5.82 Å². The van der Waals surface area contributed by atoms with Crippen molar-refractivity contribution in [3.8, 4) is 0 Å². The molecule has 0 saturated carbocycles. The lowest BCUT2D eigenvalue weighted by Gasteiger charge is -2.12. The number of hydrogen-bond donors (Lipinski definition) is 1. The molecule has 0 amide bonds. The molecule has 0 aliphatic heterocycles. The van der Waals surface area contributed by atoms with Gasteiger partial charge in [0.25, 0.3) is 0 Å². The fraction of sp³-hybridized carbons (Fsp3) is 0.400. The van der Waals surface area contributed by atoms with Gasteiger partial charge in [0, 0.05) is 25.4 Å². The molecule has 0 saturated heterocycles. The van der Waals surface area contributed by atoms with Gasteiger partial charge in [0.05, 0.1) is 5.69 Å². The average molecular weight is 256 g/mol. The van der Waals surface area contributed by atoms with Gasteiger partial charge in [-0.1, -0.05) is 13.0 Å². The van der Waals surface area contributed by atoms with Crippen molar-refractivity contribution < 1.29 is 0 Å². The minimum absolute atomic E-state index is 0.779. The zero-order valence-electron chi connectivity index (χ0n) is 11.8. The summed E-state index contributed by atoms with van der Waals surface area (Å²) in [6, 6.07) is 4.01. The Bertz CT molecular complexity index is 537. The van der Waals surface area contributed by atoms with E-state index in [0.717, 1.165) is 36.5 Å². The predicted octanol–water partition coefficient (Wildman–Crippen LogP) is 2.90. The molecule has 1 N–H and O–H groups in total. The van der Waals surface area contributed by atoms with Crippen molar-refractivity contribution in [1.82, 2.24) is 15.2 Å². The molecule has 100 valence electrons. The molecular formula is C15H20N4. The first-order valence-electron chi connectivity index (χ1n) is 6.68. The minimum atomic E-state index is 0.779. The van der Waals surface area contributed by atoms with E-state index < -0.39 is 0 Å². The van der Waals surface area contributed by atoms with Crippen LogP contribution in [-0.4, -0.2) is 21.7 Å². The van der Waals surface area contributed by atoms with E-state index in [2.05, 4.69) is 47.3 Å². The molecule has 4 heteroatoms. The van der Waals surface area contributed by atoms with Crippen molar-refractivity contribution in [3.05, 3.63) is 46.9 Å². The van der Waals surface area contributed by atoms with Crippen molar-refractivity contribution in [2.75, 3.05) is 11.9 Å². The van der Waals surface area contributed by atoms with E-state index in [-0.39, 0.29) is 0 Å². The quantitative estimate of drug-likeness (QED) is 0.893. The molecule has 0 radical (unpaired) electrons. The molecule has 0 aliphatic rings. The van der Waals surface area contributed by atoms with Crippen LogP contribution < -0.4 is 5.32 Å². The van der Waals surface area contributed by atoms with Gasteiger partial charge in [-0.25, -0.2) is 0 Å². The molecule has 2 aromatic heterocycles. The van der Waals surface area contributed by atoms with Crippen LogP contribution in [0, 0.1) is 13.8 Å². The first kappa shape index (κ1) is 13.5. The number of anilines is 1. The molecule has 2 heterocycles. The summed E-state index contributed by atoms with van der Waals surface area (Å²) in [6.07, 6.45) is 5.52. The van der Waals surface area contributed by atoms with Gasteiger partial charge in [0.15, 0.2) is 5.82 Å². The predicted molar refractivity (Wildman–Crippen MR) is 77.3 cm³/mol. The lowest BCUT2D eigenvalue weighted by molar-refractivity contribution is 0.884. The Hall–Kier alpha value is -1.97. The molecule has 0 spiro atoms. The highest BCUT2D eigenvalue weighted by molar-refractivity contribution is 5.48. The van der Waals surface area contributed by atoms with Crippen LogP contribution in [0.5, 0.6) is 0 Å². The van der Waals surface area contributed by atoms with Crippen LogP contribution in [0.1, 0.15) is 35.7 Å². The zero-order valence-corrected chi connectivity index (χ0v) is 11.8. The molecule has 2 rings (SSSR count). The highest BCUT2D eigenvalue weighted by Crippen LogP contribution is 2.19. The monoisotopic (exact) mass is 256 g/mol. The summed E-state index contributed by atoms with van der Waals surface area (Å²) in [5.41, 5.74) is 4.57. The molecule has 0 aromatic carbocycles. The van der Waals surface area contributed by atoms with Crippen molar-refractivity contribution in [3.63, 3.8) is 0 Å². The second kappa shape index (κ2) is 6.27. The molecule has 19 heavy (non-hydrogen) atoms. The lowest BCUT2D eigenvalue weighted by Crippen LogP contribution is -2.09. The molecule has 4 nitrogen and oxygen atoms in total. The van der Waals surface area contributed by atoms with Crippen LogP contribution in [0.2, 0.25) is 0 Å². The topological polar surface area (TPSA) is 50.7 Å². The maximum atomic E-state index is 4.35. The summed E-state index contributed by atoms with van der Waals surface area (Å²) in [5, 5.41) is 11.9. The summed E-state index contributed by atoms with van der Waals surface area (Å²) < 4.78 is 0. The molecule has 0 unspecified atom stereocenters. The molecule has 0 bridgehead atoms. The number of aromatic nitrogens is 3. The average Bonchev–Trinajstić information content (AvgIpc) is 2.44. The van der Waals surface area contributed by atoms with Gasteiger partial charge in [-0.3, -0.25) is 4.98 Å². The molecule has 0 aliphatic carbocycles. The zero-order chi connectivity index (χ0) is 13.7. The SMILES string of the molecule is CCCNc1nnc(Cc2cccnc2)c(C)c1C. The molecule has 0 atom stereocenters. The number of hydrogen-bond acceptors (Lipinski definition) is 4. The van der Waals surface area contributed by atoms with E-state index in [4.69, 9.17) is 0 Å². The third-order valence-corrected chi connectivity index (χ3v) is 3.26. The van der Waals surface area contributed by atoms with Crippen LogP contribution in [0.3, 0.4) is 0 Å². The first-order chi connectivity index (χ1) is 9.22. The number of rotatable bonds is 5. The van der Waals surface area contributed by atoms with E-state index >= 15 is 0 Å². The lowest BCUT2D eigenvalue weighted by atomic mass is 10.0.